The zero-order chi connectivity index (χ0) is 18.9. The van der Waals surface area contributed by atoms with Crippen molar-refractivity contribution in [2.24, 2.45) is 0 Å². The van der Waals surface area contributed by atoms with Gasteiger partial charge in [-0.1, -0.05) is 24.3 Å². The first kappa shape index (κ1) is 19.0. The number of halogens is 1. The summed E-state index contributed by atoms with van der Waals surface area (Å²) in [5.74, 6) is -2.00. The number of ether oxygens (including phenoxy) is 2. The van der Waals surface area contributed by atoms with Crippen LogP contribution in [0.3, 0.4) is 0 Å². The van der Waals surface area contributed by atoms with Crippen LogP contribution in [0.25, 0.3) is 0 Å². The summed E-state index contributed by atoms with van der Waals surface area (Å²) in [7, 11) is 0. The first-order chi connectivity index (χ1) is 12.5. The first-order valence-corrected chi connectivity index (χ1v) is 7.80. The molecule has 0 unspecified atom stereocenters. The zero-order valence-corrected chi connectivity index (χ0v) is 13.7. The molecule has 0 aromatic heterocycles. The van der Waals surface area contributed by atoms with Crippen molar-refractivity contribution in [1.82, 2.24) is 0 Å². The Morgan fingerprint density at radius 2 is 1.77 bits per heavy atom. The van der Waals surface area contributed by atoms with Gasteiger partial charge < -0.3 is 9.47 Å². The fourth-order valence-corrected chi connectivity index (χ4v) is 2.07. The van der Waals surface area contributed by atoms with Crippen LogP contribution < -0.4 is 4.74 Å². The highest BCUT2D eigenvalue weighted by Gasteiger charge is 2.11. The van der Waals surface area contributed by atoms with E-state index in [2.05, 4.69) is 0 Å². The smallest absolute Gasteiger partial charge is 0.311 e. The lowest BCUT2D eigenvalue weighted by atomic mass is 10.2. The Bertz CT molecular complexity index is 808. The van der Waals surface area contributed by atoms with Crippen molar-refractivity contribution in [3.8, 4) is 5.75 Å². The summed E-state index contributed by atoms with van der Waals surface area (Å²) >= 11 is 0. The van der Waals surface area contributed by atoms with Crippen molar-refractivity contribution in [2.45, 2.75) is 25.9 Å². The van der Waals surface area contributed by atoms with E-state index in [4.69, 9.17) is 9.47 Å². The number of rotatable bonds is 8. The van der Waals surface area contributed by atoms with Gasteiger partial charge in [0.15, 0.2) is 11.6 Å². The largest absolute Gasteiger partial charge is 0.461 e. The van der Waals surface area contributed by atoms with E-state index in [1.165, 1.54) is 42.5 Å². The summed E-state index contributed by atoms with van der Waals surface area (Å²) in [6.45, 7) is -0.0970. The number of nitro groups is 1. The Hall–Kier alpha value is -3.29. The number of hydrogen-bond donors (Lipinski definition) is 0. The minimum absolute atomic E-state index is 0.0265. The molecular weight excluding hydrogens is 345 g/mol. The summed E-state index contributed by atoms with van der Waals surface area (Å²) in [6, 6.07) is 11.3. The Kier molecular flexibility index (Phi) is 6.78. The van der Waals surface area contributed by atoms with Crippen LogP contribution in [0.2, 0.25) is 0 Å². The van der Waals surface area contributed by atoms with Gasteiger partial charge in [0.05, 0.1) is 4.92 Å². The van der Waals surface area contributed by atoms with Gasteiger partial charge in [0, 0.05) is 25.0 Å². The van der Waals surface area contributed by atoms with Gasteiger partial charge in [-0.3, -0.25) is 19.7 Å². The molecule has 0 spiro atoms. The van der Waals surface area contributed by atoms with Crippen molar-refractivity contribution in [2.75, 3.05) is 0 Å². The topological polar surface area (TPSA) is 95.7 Å². The van der Waals surface area contributed by atoms with Crippen LogP contribution in [0.15, 0.2) is 48.5 Å². The maximum Gasteiger partial charge on any atom is 0.311 e. The summed E-state index contributed by atoms with van der Waals surface area (Å²) < 4.78 is 23.2. The molecule has 2 aromatic carbocycles. The minimum Gasteiger partial charge on any atom is -0.461 e. The van der Waals surface area contributed by atoms with Crippen molar-refractivity contribution in [3.05, 3.63) is 70.0 Å². The number of esters is 2. The number of hydrogen-bond acceptors (Lipinski definition) is 6. The van der Waals surface area contributed by atoms with Crippen LogP contribution in [0.1, 0.15) is 24.8 Å². The van der Waals surface area contributed by atoms with Crippen molar-refractivity contribution in [3.63, 3.8) is 0 Å². The van der Waals surface area contributed by atoms with Crippen LogP contribution in [-0.4, -0.2) is 16.9 Å². The van der Waals surface area contributed by atoms with E-state index in [1.807, 2.05) is 0 Å². The molecule has 2 rings (SSSR count). The molecule has 0 radical (unpaired) electrons. The Morgan fingerprint density at radius 1 is 1.04 bits per heavy atom. The second-order valence-corrected chi connectivity index (χ2v) is 5.35. The van der Waals surface area contributed by atoms with E-state index in [9.17, 15) is 24.1 Å². The second kappa shape index (κ2) is 9.26. The molecule has 7 nitrogen and oxygen atoms in total. The summed E-state index contributed by atoms with van der Waals surface area (Å²) in [6.07, 6.45) is 0.0859. The average Bonchev–Trinajstić information content (AvgIpc) is 2.62. The number of benzene rings is 2. The van der Waals surface area contributed by atoms with E-state index in [1.54, 1.807) is 6.07 Å². The lowest BCUT2D eigenvalue weighted by Crippen LogP contribution is -2.11. The van der Waals surface area contributed by atoms with Gasteiger partial charge in [-0.25, -0.2) is 4.39 Å². The van der Waals surface area contributed by atoms with Crippen LogP contribution in [0.4, 0.5) is 10.1 Å². The highest BCUT2D eigenvalue weighted by molar-refractivity contribution is 5.74. The molecule has 0 fully saturated rings. The third-order valence-electron chi connectivity index (χ3n) is 3.34. The van der Waals surface area contributed by atoms with E-state index in [0.29, 0.717) is 5.56 Å². The monoisotopic (exact) mass is 361 g/mol. The number of non-ortho nitro benzene ring substituents is 1. The molecule has 2 aromatic rings. The average molecular weight is 361 g/mol. The van der Waals surface area contributed by atoms with Gasteiger partial charge in [-0.15, -0.1) is 0 Å². The fourth-order valence-electron chi connectivity index (χ4n) is 2.07. The molecule has 0 saturated carbocycles. The molecule has 0 atom stereocenters. The van der Waals surface area contributed by atoms with E-state index >= 15 is 0 Å². The molecule has 0 bridgehead atoms. The number of nitrogens with zero attached hydrogens (tertiary/aromatic N) is 1. The van der Waals surface area contributed by atoms with Gasteiger partial charge in [0.1, 0.15) is 6.61 Å². The predicted molar refractivity (Wildman–Crippen MR) is 88.8 cm³/mol. The highest BCUT2D eigenvalue weighted by atomic mass is 19.1. The highest BCUT2D eigenvalue weighted by Crippen LogP contribution is 2.17. The van der Waals surface area contributed by atoms with E-state index < -0.39 is 22.7 Å². The number of carbonyl (C=O) groups excluding carboxylic acids is 2. The third kappa shape index (κ3) is 5.97. The normalized spacial score (nSPS) is 10.2. The van der Waals surface area contributed by atoms with Gasteiger partial charge >= 0.3 is 11.9 Å². The molecule has 0 aliphatic heterocycles. The van der Waals surface area contributed by atoms with Crippen LogP contribution in [0, 0.1) is 15.9 Å². The SMILES string of the molecule is O=C(CCCC(=O)Oc1ccccc1F)OCc1cccc([N+](=O)[O-])c1. The van der Waals surface area contributed by atoms with E-state index in [-0.39, 0.29) is 37.3 Å². The fraction of sp³-hybridized carbons (Fsp3) is 0.222. The second-order valence-electron chi connectivity index (χ2n) is 5.35. The molecule has 0 aliphatic carbocycles. The molecule has 0 saturated heterocycles. The van der Waals surface area contributed by atoms with Crippen molar-refractivity contribution in [1.29, 1.82) is 0 Å². The number of nitro benzene ring substituents is 1. The molecular formula is C18H16FNO6. The Morgan fingerprint density at radius 3 is 2.50 bits per heavy atom. The summed E-state index contributed by atoms with van der Waals surface area (Å²) in [5, 5.41) is 10.7. The number of carbonyl (C=O) groups is 2. The molecule has 26 heavy (non-hydrogen) atoms. The van der Waals surface area contributed by atoms with Gasteiger partial charge in [-0.05, 0) is 24.1 Å². The minimum atomic E-state index is -0.651. The Balaban J connectivity index is 1.70. The molecule has 136 valence electrons. The molecule has 0 heterocycles. The molecule has 0 N–H and O–H groups in total. The van der Waals surface area contributed by atoms with Crippen molar-refractivity contribution < 1.29 is 28.4 Å². The summed E-state index contributed by atoms with van der Waals surface area (Å²) in [4.78, 5) is 33.4. The standard InChI is InChI=1S/C18H16FNO6/c19-15-7-1-2-8-16(15)26-18(22)10-4-9-17(21)25-12-13-5-3-6-14(11-13)20(23)24/h1-3,5-8,11H,4,9-10,12H2. The molecule has 0 aliphatic rings. The van der Waals surface area contributed by atoms with Crippen LogP contribution >= 0.6 is 0 Å². The zero-order valence-electron chi connectivity index (χ0n) is 13.7. The van der Waals surface area contributed by atoms with Crippen molar-refractivity contribution >= 4 is 17.6 Å². The van der Waals surface area contributed by atoms with Gasteiger partial charge in [0.25, 0.3) is 5.69 Å². The number of para-hydroxylation sites is 1. The lowest BCUT2D eigenvalue weighted by Gasteiger charge is -2.06. The third-order valence-corrected chi connectivity index (χ3v) is 3.34. The maximum absolute atomic E-state index is 13.3. The van der Waals surface area contributed by atoms with E-state index in [0.717, 1.165) is 0 Å². The van der Waals surface area contributed by atoms with Crippen LogP contribution in [0.5, 0.6) is 5.75 Å². The molecule has 0 amide bonds. The van der Waals surface area contributed by atoms with Gasteiger partial charge in [-0.2, -0.15) is 0 Å². The maximum atomic E-state index is 13.3. The summed E-state index contributed by atoms with van der Waals surface area (Å²) in [5.41, 5.74) is 0.404. The van der Waals surface area contributed by atoms with Crippen LogP contribution in [-0.2, 0) is 20.9 Å². The quantitative estimate of drug-likeness (QED) is 0.309. The molecule has 8 heteroatoms. The Labute approximate surface area is 148 Å². The first-order valence-electron chi connectivity index (χ1n) is 7.80. The van der Waals surface area contributed by atoms with Gasteiger partial charge in [0.2, 0.25) is 0 Å². The predicted octanol–water partition coefficient (Wildman–Crippen LogP) is 3.55. The lowest BCUT2D eigenvalue weighted by molar-refractivity contribution is -0.384.